The molecule has 0 unspecified atom stereocenters. The normalized spacial score (nSPS) is 12.6. The Morgan fingerprint density at radius 3 is 2.46 bits per heavy atom. The van der Waals surface area contributed by atoms with E-state index in [4.69, 9.17) is 4.74 Å². The lowest BCUT2D eigenvalue weighted by Crippen LogP contribution is -2.36. The highest BCUT2D eigenvalue weighted by molar-refractivity contribution is 4.83. The van der Waals surface area contributed by atoms with E-state index >= 15 is 0 Å². The molecular formula is C11H23NO. The fraction of sp³-hybridized carbons (Fsp3) is 0.818. The Kier molecular flexibility index (Phi) is 6.92. The van der Waals surface area contributed by atoms with Gasteiger partial charge in [-0.3, -0.25) is 0 Å². The summed E-state index contributed by atoms with van der Waals surface area (Å²) in [5, 5.41) is 3.42. The third-order valence-electron chi connectivity index (χ3n) is 1.55. The van der Waals surface area contributed by atoms with Crippen LogP contribution in [0.3, 0.4) is 0 Å². The Labute approximate surface area is 82.4 Å². The number of ether oxygens (including phenoxy) is 1. The van der Waals surface area contributed by atoms with Gasteiger partial charge in [-0.1, -0.05) is 12.2 Å². The lowest BCUT2D eigenvalue weighted by atomic mass is 10.1. The second-order valence-electron chi connectivity index (χ2n) is 4.10. The van der Waals surface area contributed by atoms with E-state index in [0.29, 0.717) is 0 Å². The molecule has 2 nitrogen and oxygen atoms in total. The first-order chi connectivity index (χ1) is 6.06. The van der Waals surface area contributed by atoms with Crippen LogP contribution in [0.1, 0.15) is 34.1 Å². The Balaban J connectivity index is 3.20. The van der Waals surface area contributed by atoms with Crippen LogP contribution in [0, 0.1) is 0 Å². The van der Waals surface area contributed by atoms with Gasteiger partial charge >= 0.3 is 0 Å². The molecule has 0 aromatic carbocycles. The average Bonchev–Trinajstić information content (AvgIpc) is 2.01. The minimum absolute atomic E-state index is 0.230. The summed E-state index contributed by atoms with van der Waals surface area (Å²) >= 11 is 0. The molecule has 0 aromatic rings. The van der Waals surface area contributed by atoms with E-state index in [9.17, 15) is 0 Å². The van der Waals surface area contributed by atoms with Gasteiger partial charge in [0.15, 0.2) is 0 Å². The van der Waals surface area contributed by atoms with Crippen molar-refractivity contribution in [1.29, 1.82) is 0 Å². The molecule has 0 saturated heterocycles. The number of rotatable bonds is 6. The second-order valence-corrected chi connectivity index (χ2v) is 4.10. The quantitative estimate of drug-likeness (QED) is 0.506. The van der Waals surface area contributed by atoms with Gasteiger partial charge in [0.05, 0.1) is 6.61 Å². The van der Waals surface area contributed by atoms with E-state index in [1.54, 1.807) is 0 Å². The van der Waals surface area contributed by atoms with Crippen LogP contribution in [-0.4, -0.2) is 25.3 Å². The zero-order valence-electron chi connectivity index (χ0n) is 9.39. The fourth-order valence-corrected chi connectivity index (χ4v) is 0.902. The SMILES string of the molecule is CCOCC=CCCNC(C)(C)C. The minimum Gasteiger partial charge on any atom is -0.378 e. The van der Waals surface area contributed by atoms with Crippen LogP contribution in [-0.2, 0) is 4.74 Å². The lowest BCUT2D eigenvalue weighted by Gasteiger charge is -2.19. The molecule has 0 atom stereocenters. The van der Waals surface area contributed by atoms with Crippen molar-refractivity contribution in [3.8, 4) is 0 Å². The Hall–Kier alpha value is -0.340. The Morgan fingerprint density at radius 2 is 1.92 bits per heavy atom. The van der Waals surface area contributed by atoms with Gasteiger partial charge in [0.2, 0.25) is 0 Å². The van der Waals surface area contributed by atoms with E-state index in [2.05, 4.69) is 38.2 Å². The van der Waals surface area contributed by atoms with Crippen molar-refractivity contribution in [3.05, 3.63) is 12.2 Å². The summed E-state index contributed by atoms with van der Waals surface area (Å²) in [5.74, 6) is 0. The largest absolute Gasteiger partial charge is 0.378 e. The molecule has 78 valence electrons. The predicted octanol–water partition coefficient (Wildman–Crippen LogP) is 2.36. The van der Waals surface area contributed by atoms with Gasteiger partial charge in [0.1, 0.15) is 0 Å². The van der Waals surface area contributed by atoms with Crippen molar-refractivity contribution in [2.24, 2.45) is 0 Å². The zero-order chi connectivity index (χ0) is 10.2. The lowest BCUT2D eigenvalue weighted by molar-refractivity contribution is 0.177. The molecule has 0 amide bonds. The molecule has 0 fully saturated rings. The monoisotopic (exact) mass is 185 g/mol. The molecule has 1 N–H and O–H groups in total. The van der Waals surface area contributed by atoms with E-state index in [1.165, 1.54) is 0 Å². The van der Waals surface area contributed by atoms with Crippen molar-refractivity contribution in [1.82, 2.24) is 5.32 Å². The van der Waals surface area contributed by atoms with E-state index in [-0.39, 0.29) is 5.54 Å². The molecule has 2 heteroatoms. The smallest absolute Gasteiger partial charge is 0.0647 e. The van der Waals surface area contributed by atoms with E-state index in [0.717, 1.165) is 26.2 Å². The van der Waals surface area contributed by atoms with E-state index in [1.807, 2.05) is 6.92 Å². The molecule has 0 bridgehead atoms. The van der Waals surface area contributed by atoms with Crippen LogP contribution in [0.25, 0.3) is 0 Å². The highest BCUT2D eigenvalue weighted by Crippen LogP contribution is 1.97. The summed E-state index contributed by atoms with van der Waals surface area (Å²) in [7, 11) is 0. The summed E-state index contributed by atoms with van der Waals surface area (Å²) in [6.45, 7) is 11.1. The van der Waals surface area contributed by atoms with Crippen LogP contribution in [0.5, 0.6) is 0 Å². The van der Waals surface area contributed by atoms with E-state index < -0.39 is 0 Å². The Bertz CT molecular complexity index is 136. The molecule has 0 spiro atoms. The summed E-state index contributed by atoms with van der Waals surface area (Å²) < 4.78 is 5.17. The van der Waals surface area contributed by atoms with Gasteiger partial charge < -0.3 is 10.1 Å². The minimum atomic E-state index is 0.230. The molecule has 0 aromatic heterocycles. The molecule has 0 aliphatic heterocycles. The van der Waals surface area contributed by atoms with Gasteiger partial charge in [-0.25, -0.2) is 0 Å². The molecular weight excluding hydrogens is 162 g/mol. The van der Waals surface area contributed by atoms with Gasteiger partial charge in [-0.05, 0) is 40.7 Å². The van der Waals surface area contributed by atoms with Crippen molar-refractivity contribution in [2.75, 3.05) is 19.8 Å². The average molecular weight is 185 g/mol. The second kappa shape index (κ2) is 7.10. The number of hydrogen-bond acceptors (Lipinski definition) is 2. The molecule has 0 radical (unpaired) electrons. The maximum absolute atomic E-state index is 5.17. The van der Waals surface area contributed by atoms with Gasteiger partial charge in [-0.2, -0.15) is 0 Å². The third-order valence-corrected chi connectivity index (χ3v) is 1.55. The van der Waals surface area contributed by atoms with Crippen molar-refractivity contribution in [2.45, 2.75) is 39.7 Å². The first kappa shape index (κ1) is 12.7. The maximum atomic E-state index is 5.17. The predicted molar refractivity (Wildman–Crippen MR) is 58.0 cm³/mol. The van der Waals surface area contributed by atoms with Gasteiger partial charge in [0, 0.05) is 12.1 Å². The summed E-state index contributed by atoms with van der Waals surface area (Å²) in [5.41, 5.74) is 0.230. The van der Waals surface area contributed by atoms with Crippen molar-refractivity contribution in [3.63, 3.8) is 0 Å². The Morgan fingerprint density at radius 1 is 1.23 bits per heavy atom. The van der Waals surface area contributed by atoms with Crippen molar-refractivity contribution < 1.29 is 4.74 Å². The number of nitrogens with one attached hydrogen (secondary N) is 1. The third kappa shape index (κ3) is 11.7. The van der Waals surface area contributed by atoms with Crippen LogP contribution < -0.4 is 5.32 Å². The maximum Gasteiger partial charge on any atom is 0.0647 e. The van der Waals surface area contributed by atoms with Gasteiger partial charge in [0.25, 0.3) is 0 Å². The first-order valence-electron chi connectivity index (χ1n) is 5.04. The van der Waals surface area contributed by atoms with Crippen LogP contribution in [0.4, 0.5) is 0 Å². The summed E-state index contributed by atoms with van der Waals surface area (Å²) in [6, 6.07) is 0. The number of hydrogen-bond donors (Lipinski definition) is 1. The molecule has 13 heavy (non-hydrogen) atoms. The van der Waals surface area contributed by atoms with Gasteiger partial charge in [-0.15, -0.1) is 0 Å². The molecule has 0 aliphatic carbocycles. The molecule has 0 rings (SSSR count). The molecule has 0 aliphatic rings. The molecule has 0 saturated carbocycles. The van der Waals surface area contributed by atoms with Crippen molar-refractivity contribution >= 4 is 0 Å². The summed E-state index contributed by atoms with van der Waals surface area (Å²) in [6.07, 6.45) is 5.31. The standard InChI is InChI=1S/C11H23NO/c1-5-13-10-8-6-7-9-12-11(2,3)4/h6,8,12H,5,7,9-10H2,1-4H3. The van der Waals surface area contributed by atoms with Crippen LogP contribution >= 0.6 is 0 Å². The summed E-state index contributed by atoms with van der Waals surface area (Å²) in [4.78, 5) is 0. The zero-order valence-corrected chi connectivity index (χ0v) is 9.39. The highest BCUT2D eigenvalue weighted by atomic mass is 16.5. The molecule has 0 heterocycles. The fourth-order valence-electron chi connectivity index (χ4n) is 0.902. The van der Waals surface area contributed by atoms with Crippen LogP contribution in [0.15, 0.2) is 12.2 Å². The first-order valence-corrected chi connectivity index (χ1v) is 5.04. The topological polar surface area (TPSA) is 21.3 Å². The highest BCUT2D eigenvalue weighted by Gasteiger charge is 2.05. The van der Waals surface area contributed by atoms with Crippen LogP contribution in [0.2, 0.25) is 0 Å².